The van der Waals surface area contributed by atoms with E-state index in [-0.39, 0.29) is 75.1 Å². The van der Waals surface area contributed by atoms with E-state index in [1.54, 1.807) is 0 Å². The zero-order valence-electron chi connectivity index (χ0n) is 6.10. The molecule has 0 rings (SSSR count). The van der Waals surface area contributed by atoms with Crippen LogP contribution in [-0.2, 0) is 39.0 Å². The Morgan fingerprint density at radius 2 is 1.12 bits per heavy atom. The first-order chi connectivity index (χ1) is 1.73. The first kappa shape index (κ1) is 30.9. The van der Waals surface area contributed by atoms with Crippen molar-refractivity contribution in [1.29, 1.82) is 0 Å². The van der Waals surface area contributed by atoms with E-state index in [9.17, 15) is 0 Å². The van der Waals surface area contributed by atoms with Crippen LogP contribution in [0.25, 0.3) is 0 Å². The van der Waals surface area contributed by atoms with Crippen molar-refractivity contribution in [3.63, 3.8) is 0 Å². The summed E-state index contributed by atoms with van der Waals surface area (Å²) in [6.45, 7) is 0. The molecule has 0 aliphatic heterocycles. The Bertz CT molecular complexity index is 42.0. The van der Waals surface area contributed by atoms with Crippen molar-refractivity contribution in [3.05, 3.63) is 0 Å². The molecule has 8 heteroatoms. The molecule has 0 unspecified atom stereocenters. The zero-order valence-corrected chi connectivity index (χ0v) is 7.84. The molecule has 3 nitrogen and oxygen atoms in total. The Labute approximate surface area is 103 Å². The molecule has 0 aromatic rings. The SMILES string of the molecule is [H-].[Li+].[Li+].[Li+].[Mn].[O]=[Ti]([O-])[O-]. The van der Waals surface area contributed by atoms with E-state index in [4.69, 9.17) is 10.7 Å². The second kappa shape index (κ2) is 22.6. The van der Waals surface area contributed by atoms with Gasteiger partial charge in [-0.1, -0.05) is 0 Å². The van der Waals surface area contributed by atoms with Crippen LogP contribution in [0.4, 0.5) is 0 Å². The predicted octanol–water partition coefficient (Wildman–Crippen LogP) is -11.4. The molecule has 0 saturated carbocycles. The van der Waals surface area contributed by atoms with Gasteiger partial charge >= 0.3 is 85.9 Å². The van der Waals surface area contributed by atoms with Crippen molar-refractivity contribution in [2.75, 3.05) is 0 Å². The van der Waals surface area contributed by atoms with E-state index < -0.39 is 18.6 Å². The third-order valence-corrected chi connectivity index (χ3v) is 0. The number of rotatable bonds is 0. The molecule has 33 valence electrons. The van der Waals surface area contributed by atoms with Crippen LogP contribution < -0.4 is 64.0 Å². The van der Waals surface area contributed by atoms with Crippen LogP contribution in [0.2, 0.25) is 0 Å². The van der Waals surface area contributed by atoms with Crippen LogP contribution in [0.3, 0.4) is 0 Å². The summed E-state index contributed by atoms with van der Waals surface area (Å²) in [4.78, 5) is 0. The Morgan fingerprint density at radius 3 is 1.12 bits per heavy atom. The Hall–Kier alpha value is 2.75. The molecular formula is HLi3MnO3Ti. The van der Waals surface area contributed by atoms with E-state index in [0.717, 1.165) is 0 Å². The summed E-state index contributed by atoms with van der Waals surface area (Å²) >= 11 is -4.08. The fourth-order valence-corrected chi connectivity index (χ4v) is 0. The van der Waals surface area contributed by atoms with Crippen LogP contribution in [0.1, 0.15) is 1.43 Å². The molecule has 0 aliphatic carbocycles. The second-order valence-electron chi connectivity index (χ2n) is 0.250. The maximum absolute atomic E-state index is 8.58. The van der Waals surface area contributed by atoms with Crippen molar-refractivity contribution in [2.24, 2.45) is 0 Å². The molecule has 0 saturated heterocycles. The zero-order chi connectivity index (χ0) is 3.58. The molecule has 0 atom stereocenters. The van der Waals surface area contributed by atoms with Gasteiger partial charge in [0.2, 0.25) is 0 Å². The Morgan fingerprint density at radius 1 is 1.12 bits per heavy atom. The van der Waals surface area contributed by atoms with Gasteiger partial charge in [-0.25, -0.2) is 0 Å². The molecule has 0 heterocycles. The van der Waals surface area contributed by atoms with Gasteiger partial charge in [0.25, 0.3) is 0 Å². The van der Waals surface area contributed by atoms with Gasteiger partial charge in [0, 0.05) is 17.1 Å². The average molecular weight is 173 g/mol. The minimum absolute atomic E-state index is 0. The van der Waals surface area contributed by atoms with Gasteiger partial charge in [-0.05, 0) is 0 Å². The van der Waals surface area contributed by atoms with Crippen molar-refractivity contribution in [3.8, 4) is 0 Å². The number of hydrogen-bond donors (Lipinski definition) is 0. The van der Waals surface area contributed by atoms with E-state index in [1.807, 2.05) is 0 Å². The Balaban J connectivity index is -0.00000000450. The quantitative estimate of drug-likeness (QED) is 0.341. The van der Waals surface area contributed by atoms with Gasteiger partial charge < -0.3 is 1.43 Å². The summed E-state index contributed by atoms with van der Waals surface area (Å²) in [6, 6.07) is 0. The summed E-state index contributed by atoms with van der Waals surface area (Å²) in [5, 5.41) is 0. The third kappa shape index (κ3) is 69.6. The molecule has 0 spiro atoms. The maximum atomic E-state index is 8.58. The minimum atomic E-state index is -4.08. The second-order valence-corrected chi connectivity index (χ2v) is 1.03. The molecular weight excluding hydrogens is 172 g/mol. The first-order valence-electron chi connectivity index (χ1n) is 0.612. The summed E-state index contributed by atoms with van der Waals surface area (Å²) in [6.07, 6.45) is 0. The van der Waals surface area contributed by atoms with Gasteiger partial charge in [-0.2, -0.15) is 0 Å². The summed E-state index contributed by atoms with van der Waals surface area (Å²) in [7, 11) is 0. The molecule has 0 N–H and O–H groups in total. The monoisotopic (exact) mass is 173 g/mol. The third-order valence-electron chi connectivity index (χ3n) is 0. The average Bonchev–Trinajstić information content (AvgIpc) is 0.811. The van der Waals surface area contributed by atoms with Gasteiger partial charge in [-0.15, -0.1) is 0 Å². The first-order valence-corrected chi connectivity index (χ1v) is 2.52. The van der Waals surface area contributed by atoms with Crippen molar-refractivity contribution >= 4 is 0 Å². The summed E-state index contributed by atoms with van der Waals surface area (Å²) in [5.41, 5.74) is 0. The Kier molecular flexibility index (Phi) is 87.3. The molecule has 1 radical (unpaired) electrons. The summed E-state index contributed by atoms with van der Waals surface area (Å²) < 4.78 is 25.8. The van der Waals surface area contributed by atoms with Crippen LogP contribution in [0.15, 0.2) is 0 Å². The van der Waals surface area contributed by atoms with E-state index in [2.05, 4.69) is 0 Å². The topological polar surface area (TPSA) is 63.2 Å². The molecule has 0 aliphatic rings. The standard InChI is InChI=1S/3Li.Mn.3O.Ti.H/q3*+1;;;2*-1;;-1. The summed E-state index contributed by atoms with van der Waals surface area (Å²) in [5.74, 6) is 0. The molecule has 0 aromatic heterocycles. The van der Waals surface area contributed by atoms with Crippen LogP contribution in [0, 0.1) is 0 Å². The van der Waals surface area contributed by atoms with Crippen molar-refractivity contribution in [1.82, 2.24) is 0 Å². The van der Waals surface area contributed by atoms with Gasteiger partial charge in [0.1, 0.15) is 0 Å². The van der Waals surface area contributed by atoms with Crippen LogP contribution in [-0.4, -0.2) is 0 Å². The molecule has 0 aromatic carbocycles. The molecule has 0 amide bonds. The molecule has 0 bridgehead atoms. The van der Waals surface area contributed by atoms with E-state index >= 15 is 0 Å². The van der Waals surface area contributed by atoms with Gasteiger partial charge in [0.05, 0.1) is 0 Å². The van der Waals surface area contributed by atoms with Crippen molar-refractivity contribution in [2.45, 2.75) is 0 Å². The normalized spacial score (nSPS) is 3.25. The van der Waals surface area contributed by atoms with Gasteiger partial charge in [-0.3, -0.25) is 0 Å². The van der Waals surface area contributed by atoms with Crippen molar-refractivity contribution < 1.29 is 104 Å². The van der Waals surface area contributed by atoms with Gasteiger partial charge in [0.15, 0.2) is 0 Å². The van der Waals surface area contributed by atoms with E-state index in [1.165, 1.54) is 0 Å². The fraction of sp³-hybridized carbons (Fsp3) is 0. The fourth-order valence-electron chi connectivity index (χ4n) is 0. The molecule has 8 heavy (non-hydrogen) atoms. The number of hydrogen-bond acceptors (Lipinski definition) is 3. The van der Waals surface area contributed by atoms with Crippen LogP contribution in [0.5, 0.6) is 0 Å². The van der Waals surface area contributed by atoms with Crippen LogP contribution >= 0.6 is 0 Å². The predicted molar refractivity (Wildman–Crippen MR) is 1.80 cm³/mol. The molecule has 0 fully saturated rings. The van der Waals surface area contributed by atoms with E-state index in [0.29, 0.717) is 0 Å².